The number of hydrogen-bond donors (Lipinski definition) is 2. The third-order valence-electron chi connectivity index (χ3n) is 4.75. The lowest BCUT2D eigenvalue weighted by Gasteiger charge is -2.27. The Bertz CT molecular complexity index is 799. The molecule has 1 aromatic heterocycles. The van der Waals surface area contributed by atoms with Gasteiger partial charge in [-0.25, -0.2) is 4.98 Å². The molecule has 142 valence electrons. The highest BCUT2D eigenvalue weighted by Crippen LogP contribution is 2.32. The van der Waals surface area contributed by atoms with E-state index in [0.717, 1.165) is 41.9 Å². The molecule has 1 aliphatic carbocycles. The number of hydrogen-bond acceptors (Lipinski definition) is 6. The van der Waals surface area contributed by atoms with Crippen LogP contribution in [0.5, 0.6) is 0 Å². The summed E-state index contributed by atoms with van der Waals surface area (Å²) in [5, 5.41) is 6.28. The first-order valence-corrected chi connectivity index (χ1v) is 9.51. The molecular weight excluding hydrogens is 342 g/mol. The average molecular weight is 367 g/mol. The van der Waals surface area contributed by atoms with E-state index in [1.54, 1.807) is 0 Å². The summed E-state index contributed by atoms with van der Waals surface area (Å²) >= 11 is 0. The van der Waals surface area contributed by atoms with Gasteiger partial charge in [0.25, 0.3) is 0 Å². The number of aromatic nitrogens is 2. The fourth-order valence-electron chi connectivity index (χ4n) is 3.10. The summed E-state index contributed by atoms with van der Waals surface area (Å²) in [6.07, 6.45) is 2.99. The second-order valence-corrected chi connectivity index (χ2v) is 7.19. The average Bonchev–Trinajstić information content (AvgIpc) is 3.47. The summed E-state index contributed by atoms with van der Waals surface area (Å²) in [6, 6.07) is 9.63. The third kappa shape index (κ3) is 4.95. The molecule has 2 aromatic rings. The molecule has 1 saturated carbocycles. The molecule has 2 heterocycles. The van der Waals surface area contributed by atoms with Crippen molar-refractivity contribution in [3.8, 4) is 0 Å². The lowest BCUT2D eigenvalue weighted by atomic mass is 10.2. The maximum atomic E-state index is 11.9. The van der Waals surface area contributed by atoms with Crippen molar-refractivity contribution in [2.24, 2.45) is 5.92 Å². The van der Waals surface area contributed by atoms with Crippen LogP contribution in [0, 0.1) is 12.8 Å². The molecule has 0 bridgehead atoms. The number of nitrogens with one attached hydrogen (secondary N) is 2. The van der Waals surface area contributed by atoms with Gasteiger partial charge in [0.2, 0.25) is 11.9 Å². The van der Waals surface area contributed by atoms with Gasteiger partial charge in [-0.3, -0.25) is 4.79 Å². The first-order chi connectivity index (χ1) is 13.2. The number of morpholine rings is 1. The first kappa shape index (κ1) is 17.7. The van der Waals surface area contributed by atoms with Gasteiger partial charge in [-0.15, -0.1) is 0 Å². The zero-order chi connectivity index (χ0) is 18.6. The summed E-state index contributed by atoms with van der Waals surface area (Å²) < 4.78 is 5.40. The van der Waals surface area contributed by atoms with E-state index >= 15 is 0 Å². The van der Waals surface area contributed by atoms with E-state index in [0.29, 0.717) is 25.6 Å². The van der Waals surface area contributed by atoms with Gasteiger partial charge in [-0.2, -0.15) is 4.98 Å². The van der Waals surface area contributed by atoms with E-state index in [1.165, 1.54) is 12.8 Å². The van der Waals surface area contributed by atoms with Crippen molar-refractivity contribution in [1.29, 1.82) is 0 Å². The van der Waals surface area contributed by atoms with Crippen LogP contribution in [0.3, 0.4) is 0 Å². The standard InChI is InChI=1S/C20H25N5O2/c1-14-12-18(24-20(21-14)25-8-10-27-11-9-25)22-16-4-6-17(7-5-16)23-19(26)13-15-2-3-15/h4-7,12,15H,2-3,8-11,13H2,1H3,(H,23,26)(H,21,22,24). The Labute approximate surface area is 159 Å². The molecule has 27 heavy (non-hydrogen) atoms. The van der Waals surface area contributed by atoms with Gasteiger partial charge in [0, 0.05) is 42.6 Å². The van der Waals surface area contributed by atoms with Gasteiger partial charge >= 0.3 is 0 Å². The van der Waals surface area contributed by atoms with Crippen LogP contribution in [0.25, 0.3) is 0 Å². The SMILES string of the molecule is Cc1cc(Nc2ccc(NC(=O)CC3CC3)cc2)nc(N2CCOCC2)n1. The van der Waals surface area contributed by atoms with Crippen LogP contribution in [0.1, 0.15) is 25.0 Å². The summed E-state index contributed by atoms with van der Waals surface area (Å²) in [7, 11) is 0. The van der Waals surface area contributed by atoms with Crippen molar-refractivity contribution in [2.45, 2.75) is 26.2 Å². The highest BCUT2D eigenvalue weighted by Gasteiger charge is 2.24. The number of amides is 1. The van der Waals surface area contributed by atoms with E-state index in [-0.39, 0.29) is 5.91 Å². The molecule has 2 aliphatic rings. The van der Waals surface area contributed by atoms with Crippen molar-refractivity contribution in [2.75, 3.05) is 41.8 Å². The molecular formula is C20H25N5O2. The van der Waals surface area contributed by atoms with Crippen LogP contribution in [0.2, 0.25) is 0 Å². The summed E-state index contributed by atoms with van der Waals surface area (Å²) in [5.74, 6) is 2.17. The van der Waals surface area contributed by atoms with E-state index in [4.69, 9.17) is 4.74 Å². The smallest absolute Gasteiger partial charge is 0.227 e. The maximum Gasteiger partial charge on any atom is 0.227 e. The van der Waals surface area contributed by atoms with Gasteiger partial charge in [0.15, 0.2) is 0 Å². The number of carbonyl (C=O) groups excluding carboxylic acids is 1. The molecule has 0 unspecified atom stereocenters. The van der Waals surface area contributed by atoms with Crippen molar-refractivity contribution in [3.05, 3.63) is 36.0 Å². The van der Waals surface area contributed by atoms with Crippen molar-refractivity contribution in [1.82, 2.24) is 9.97 Å². The third-order valence-corrected chi connectivity index (χ3v) is 4.75. The number of anilines is 4. The van der Waals surface area contributed by atoms with E-state index in [2.05, 4.69) is 25.5 Å². The highest BCUT2D eigenvalue weighted by molar-refractivity contribution is 5.91. The van der Waals surface area contributed by atoms with Gasteiger partial charge in [0.1, 0.15) is 5.82 Å². The maximum absolute atomic E-state index is 11.9. The normalized spacial score (nSPS) is 16.9. The van der Waals surface area contributed by atoms with Crippen molar-refractivity contribution < 1.29 is 9.53 Å². The Balaban J connectivity index is 1.40. The molecule has 0 atom stereocenters. The molecule has 1 aromatic carbocycles. The Morgan fingerprint density at radius 3 is 2.56 bits per heavy atom. The first-order valence-electron chi connectivity index (χ1n) is 9.51. The molecule has 2 N–H and O–H groups in total. The number of ether oxygens (including phenoxy) is 1. The zero-order valence-corrected chi connectivity index (χ0v) is 15.6. The number of aryl methyl sites for hydroxylation is 1. The lowest BCUT2D eigenvalue weighted by Crippen LogP contribution is -2.37. The fraction of sp³-hybridized carbons (Fsp3) is 0.450. The van der Waals surface area contributed by atoms with E-state index < -0.39 is 0 Å². The second kappa shape index (κ2) is 7.92. The number of rotatable bonds is 6. The minimum Gasteiger partial charge on any atom is -0.378 e. The molecule has 2 fully saturated rings. The van der Waals surface area contributed by atoms with Gasteiger partial charge < -0.3 is 20.3 Å². The van der Waals surface area contributed by atoms with Gasteiger partial charge in [0.05, 0.1) is 13.2 Å². The van der Waals surface area contributed by atoms with Crippen LogP contribution in [-0.2, 0) is 9.53 Å². The fourth-order valence-corrected chi connectivity index (χ4v) is 3.10. The highest BCUT2D eigenvalue weighted by atomic mass is 16.5. The Morgan fingerprint density at radius 2 is 1.85 bits per heavy atom. The molecule has 7 nitrogen and oxygen atoms in total. The predicted octanol–water partition coefficient (Wildman–Crippen LogP) is 3.10. The second-order valence-electron chi connectivity index (χ2n) is 7.19. The van der Waals surface area contributed by atoms with E-state index in [1.807, 2.05) is 37.3 Å². The van der Waals surface area contributed by atoms with Crippen molar-refractivity contribution >= 4 is 29.0 Å². The number of benzene rings is 1. The van der Waals surface area contributed by atoms with Crippen LogP contribution in [0.4, 0.5) is 23.1 Å². The molecule has 1 saturated heterocycles. The van der Waals surface area contributed by atoms with Crippen molar-refractivity contribution in [3.63, 3.8) is 0 Å². The number of nitrogens with zero attached hydrogens (tertiary/aromatic N) is 3. The summed E-state index contributed by atoms with van der Waals surface area (Å²) in [5.41, 5.74) is 2.65. The quantitative estimate of drug-likeness (QED) is 0.817. The minimum absolute atomic E-state index is 0.0970. The monoisotopic (exact) mass is 367 g/mol. The molecule has 0 radical (unpaired) electrons. The van der Waals surface area contributed by atoms with Crippen LogP contribution in [-0.4, -0.2) is 42.2 Å². The summed E-state index contributed by atoms with van der Waals surface area (Å²) in [6.45, 7) is 4.98. The summed E-state index contributed by atoms with van der Waals surface area (Å²) in [4.78, 5) is 23.2. The molecule has 1 aliphatic heterocycles. The topological polar surface area (TPSA) is 79.4 Å². The van der Waals surface area contributed by atoms with E-state index in [9.17, 15) is 4.79 Å². The molecule has 7 heteroatoms. The Hall–Kier alpha value is -2.67. The minimum atomic E-state index is 0.0970. The van der Waals surface area contributed by atoms with Crippen LogP contribution >= 0.6 is 0 Å². The Morgan fingerprint density at radius 1 is 1.15 bits per heavy atom. The zero-order valence-electron chi connectivity index (χ0n) is 15.6. The predicted molar refractivity (Wildman–Crippen MR) is 105 cm³/mol. The van der Waals surface area contributed by atoms with Gasteiger partial charge in [-0.1, -0.05) is 0 Å². The number of carbonyl (C=O) groups is 1. The lowest BCUT2D eigenvalue weighted by molar-refractivity contribution is -0.116. The largest absolute Gasteiger partial charge is 0.378 e. The molecule has 4 rings (SSSR count). The molecule has 0 spiro atoms. The van der Waals surface area contributed by atoms with Crippen LogP contribution in [0.15, 0.2) is 30.3 Å². The van der Waals surface area contributed by atoms with Crippen LogP contribution < -0.4 is 15.5 Å². The van der Waals surface area contributed by atoms with Gasteiger partial charge in [-0.05, 0) is 49.9 Å². The Kier molecular flexibility index (Phi) is 5.20. The molecule has 1 amide bonds.